The Morgan fingerprint density at radius 3 is 2.61 bits per heavy atom. The molecule has 1 aromatic carbocycles. The van der Waals surface area contributed by atoms with Gasteiger partial charge in [-0.1, -0.05) is 6.92 Å². The number of hydrogen-bond acceptors (Lipinski definition) is 4. The van der Waals surface area contributed by atoms with Crippen LogP contribution in [0.3, 0.4) is 0 Å². The van der Waals surface area contributed by atoms with Crippen LogP contribution < -0.4 is 10.6 Å². The van der Waals surface area contributed by atoms with Gasteiger partial charge < -0.3 is 10.6 Å². The van der Waals surface area contributed by atoms with Gasteiger partial charge in [-0.2, -0.15) is 0 Å². The van der Waals surface area contributed by atoms with Gasteiger partial charge in [0.1, 0.15) is 6.33 Å². The van der Waals surface area contributed by atoms with Crippen molar-refractivity contribution in [2.24, 2.45) is 0 Å². The summed E-state index contributed by atoms with van der Waals surface area (Å²) in [6, 6.07) is 2.28. The molecule has 0 bridgehead atoms. The van der Waals surface area contributed by atoms with Gasteiger partial charge in [0.15, 0.2) is 11.6 Å². The maximum Gasteiger partial charge on any atom is 0.259 e. The smallest absolute Gasteiger partial charge is 0.259 e. The van der Waals surface area contributed by atoms with Gasteiger partial charge in [0, 0.05) is 24.4 Å². The van der Waals surface area contributed by atoms with Gasteiger partial charge in [-0.25, -0.2) is 18.7 Å². The molecule has 1 amide bonds. The van der Waals surface area contributed by atoms with Crippen LogP contribution in [0.15, 0.2) is 24.7 Å². The highest BCUT2D eigenvalue weighted by atomic mass is 19.2. The van der Waals surface area contributed by atoms with Crippen LogP contribution >= 0.6 is 0 Å². The normalized spacial score (nSPS) is 13.7. The number of carbonyl (C=O) groups excluding carboxylic acids is 1. The molecule has 1 aromatic heterocycles. The van der Waals surface area contributed by atoms with E-state index < -0.39 is 17.5 Å². The van der Waals surface area contributed by atoms with Crippen LogP contribution in [0, 0.1) is 11.6 Å². The third-order valence-corrected chi connectivity index (χ3v) is 3.62. The zero-order valence-corrected chi connectivity index (χ0v) is 12.6. The van der Waals surface area contributed by atoms with Crippen molar-refractivity contribution in [3.8, 4) is 0 Å². The van der Waals surface area contributed by atoms with Crippen molar-refractivity contribution in [2.45, 2.75) is 32.2 Å². The van der Waals surface area contributed by atoms with Crippen LogP contribution in [0.4, 0.5) is 20.2 Å². The zero-order chi connectivity index (χ0) is 16.4. The molecular formula is C16H16F2N4O. The molecule has 2 aromatic rings. The van der Waals surface area contributed by atoms with Crippen molar-refractivity contribution in [2.75, 3.05) is 10.6 Å². The van der Waals surface area contributed by atoms with Crippen molar-refractivity contribution in [3.05, 3.63) is 47.5 Å². The lowest BCUT2D eigenvalue weighted by Crippen LogP contribution is -2.17. The molecule has 1 fully saturated rings. The lowest BCUT2D eigenvalue weighted by molar-refractivity contribution is 0.102. The summed E-state index contributed by atoms with van der Waals surface area (Å²) < 4.78 is 27.0. The molecule has 0 spiro atoms. The average molecular weight is 318 g/mol. The summed E-state index contributed by atoms with van der Waals surface area (Å²) in [4.78, 5) is 20.3. The van der Waals surface area contributed by atoms with Crippen molar-refractivity contribution in [3.63, 3.8) is 0 Å². The number of benzene rings is 1. The quantitative estimate of drug-likeness (QED) is 0.889. The van der Waals surface area contributed by atoms with E-state index in [1.165, 1.54) is 12.5 Å². The Labute approximate surface area is 132 Å². The number of nitrogens with one attached hydrogen (secondary N) is 2. The van der Waals surface area contributed by atoms with Crippen LogP contribution in [-0.4, -0.2) is 21.9 Å². The van der Waals surface area contributed by atoms with E-state index in [0.717, 1.165) is 25.0 Å². The number of amides is 1. The van der Waals surface area contributed by atoms with E-state index >= 15 is 0 Å². The maximum absolute atomic E-state index is 13.5. The van der Waals surface area contributed by atoms with Gasteiger partial charge in [-0.05, 0) is 19.3 Å². The van der Waals surface area contributed by atoms with Gasteiger partial charge >= 0.3 is 0 Å². The SMILES string of the molecule is CCc1ncncc1C(=O)Nc1cc(F)c(F)cc1NC1CC1. The van der Waals surface area contributed by atoms with Crippen molar-refractivity contribution in [1.29, 1.82) is 0 Å². The number of hydrogen-bond donors (Lipinski definition) is 2. The van der Waals surface area contributed by atoms with Crippen molar-refractivity contribution in [1.82, 2.24) is 9.97 Å². The monoisotopic (exact) mass is 318 g/mol. The average Bonchev–Trinajstić information content (AvgIpc) is 3.36. The van der Waals surface area contributed by atoms with Crippen LogP contribution in [0.25, 0.3) is 0 Å². The van der Waals surface area contributed by atoms with E-state index in [4.69, 9.17) is 0 Å². The minimum Gasteiger partial charge on any atom is -0.381 e. The highest BCUT2D eigenvalue weighted by Gasteiger charge is 2.24. The molecule has 7 heteroatoms. The number of aryl methyl sites for hydroxylation is 1. The molecule has 0 atom stereocenters. The van der Waals surface area contributed by atoms with E-state index in [1.807, 2.05) is 6.92 Å². The summed E-state index contributed by atoms with van der Waals surface area (Å²) >= 11 is 0. The fourth-order valence-corrected chi connectivity index (χ4v) is 2.23. The number of halogens is 2. The first-order chi connectivity index (χ1) is 11.1. The molecule has 3 rings (SSSR count). The Kier molecular flexibility index (Phi) is 4.18. The Balaban J connectivity index is 1.89. The largest absolute Gasteiger partial charge is 0.381 e. The molecule has 23 heavy (non-hydrogen) atoms. The molecule has 120 valence electrons. The minimum absolute atomic E-state index is 0.201. The van der Waals surface area contributed by atoms with E-state index in [2.05, 4.69) is 20.6 Å². The predicted octanol–water partition coefficient (Wildman–Crippen LogP) is 3.14. The zero-order valence-electron chi connectivity index (χ0n) is 12.6. The van der Waals surface area contributed by atoms with E-state index in [0.29, 0.717) is 23.4 Å². The van der Waals surface area contributed by atoms with Gasteiger partial charge in [0.25, 0.3) is 5.91 Å². The molecule has 0 aliphatic heterocycles. The van der Waals surface area contributed by atoms with Crippen molar-refractivity contribution < 1.29 is 13.6 Å². The van der Waals surface area contributed by atoms with Crippen LogP contribution in [-0.2, 0) is 6.42 Å². The number of carbonyl (C=O) groups is 1. The number of aromatic nitrogens is 2. The molecule has 2 N–H and O–H groups in total. The van der Waals surface area contributed by atoms with Gasteiger partial charge in [0.05, 0.1) is 22.6 Å². The summed E-state index contributed by atoms with van der Waals surface area (Å²) in [5.74, 6) is -2.42. The molecule has 0 saturated heterocycles. The summed E-state index contributed by atoms with van der Waals surface area (Å²) in [6.07, 6.45) is 5.29. The molecule has 1 saturated carbocycles. The van der Waals surface area contributed by atoms with E-state index in [-0.39, 0.29) is 11.7 Å². The number of nitrogens with zero attached hydrogens (tertiary/aromatic N) is 2. The Bertz CT molecular complexity index is 747. The molecule has 0 radical (unpaired) electrons. The standard InChI is InChI=1S/C16H16F2N4O/c1-2-13-10(7-19-8-20-13)16(23)22-15-6-12(18)11(17)5-14(15)21-9-3-4-9/h5-9,21H,2-4H2,1H3,(H,22,23). The van der Waals surface area contributed by atoms with Gasteiger partial charge in [-0.15, -0.1) is 0 Å². The lowest BCUT2D eigenvalue weighted by Gasteiger charge is -2.14. The second kappa shape index (κ2) is 6.28. The first-order valence-electron chi connectivity index (χ1n) is 7.44. The Morgan fingerprint density at radius 2 is 1.96 bits per heavy atom. The second-order valence-corrected chi connectivity index (χ2v) is 5.42. The highest BCUT2D eigenvalue weighted by Crippen LogP contribution is 2.31. The maximum atomic E-state index is 13.5. The van der Waals surface area contributed by atoms with Crippen LogP contribution in [0.1, 0.15) is 35.8 Å². The first kappa shape index (κ1) is 15.3. The Morgan fingerprint density at radius 1 is 1.26 bits per heavy atom. The third-order valence-electron chi connectivity index (χ3n) is 3.62. The Hall–Kier alpha value is -2.57. The van der Waals surface area contributed by atoms with Crippen molar-refractivity contribution >= 4 is 17.3 Å². The molecule has 0 unspecified atom stereocenters. The molecule has 1 aliphatic rings. The number of rotatable bonds is 5. The lowest BCUT2D eigenvalue weighted by atomic mass is 10.1. The molecule has 1 heterocycles. The highest BCUT2D eigenvalue weighted by molar-refractivity contribution is 6.06. The van der Waals surface area contributed by atoms with Crippen LogP contribution in [0.2, 0.25) is 0 Å². The van der Waals surface area contributed by atoms with E-state index in [9.17, 15) is 13.6 Å². The fraction of sp³-hybridized carbons (Fsp3) is 0.312. The molecule has 1 aliphatic carbocycles. The summed E-state index contributed by atoms with van der Waals surface area (Å²) in [7, 11) is 0. The summed E-state index contributed by atoms with van der Waals surface area (Å²) in [5, 5.41) is 5.70. The predicted molar refractivity (Wildman–Crippen MR) is 82.4 cm³/mol. The van der Waals surface area contributed by atoms with Gasteiger partial charge in [0.2, 0.25) is 0 Å². The first-order valence-corrected chi connectivity index (χ1v) is 7.44. The fourth-order valence-electron chi connectivity index (χ4n) is 2.23. The molecule has 5 nitrogen and oxygen atoms in total. The minimum atomic E-state index is -1.01. The van der Waals surface area contributed by atoms with Crippen LogP contribution in [0.5, 0.6) is 0 Å². The number of anilines is 2. The summed E-state index contributed by atoms with van der Waals surface area (Å²) in [5.41, 5.74) is 1.48. The second-order valence-electron chi connectivity index (χ2n) is 5.42. The molecular weight excluding hydrogens is 302 g/mol. The summed E-state index contributed by atoms with van der Waals surface area (Å²) in [6.45, 7) is 1.87. The third kappa shape index (κ3) is 3.44. The topological polar surface area (TPSA) is 66.9 Å². The van der Waals surface area contributed by atoms with E-state index in [1.54, 1.807) is 0 Å². The van der Waals surface area contributed by atoms with Gasteiger partial charge in [-0.3, -0.25) is 4.79 Å².